The molecule has 0 aliphatic carbocycles. The van der Waals surface area contributed by atoms with Crippen LogP contribution in [0.1, 0.15) is 13.8 Å². The molecule has 23 heavy (non-hydrogen) atoms. The van der Waals surface area contributed by atoms with Gasteiger partial charge in [0.05, 0.1) is 10.9 Å². The maximum Gasteiger partial charge on any atom is 0.241 e. The van der Waals surface area contributed by atoms with Gasteiger partial charge >= 0.3 is 0 Å². The zero-order valence-corrected chi connectivity index (χ0v) is 13.9. The van der Waals surface area contributed by atoms with Gasteiger partial charge in [-0.25, -0.2) is 13.1 Å². The highest BCUT2D eigenvalue weighted by atomic mass is 32.2. The second-order valence-electron chi connectivity index (χ2n) is 5.67. The lowest BCUT2D eigenvalue weighted by molar-refractivity contribution is -0.110. The number of nitrogens with one attached hydrogen (secondary N) is 1. The first kappa shape index (κ1) is 17.2. The average Bonchev–Trinajstić information content (AvgIpc) is 2.53. The van der Waals surface area contributed by atoms with E-state index in [2.05, 4.69) is 4.72 Å². The second kappa shape index (κ2) is 6.93. The fourth-order valence-corrected chi connectivity index (χ4v) is 3.39. The molecule has 2 aromatic carbocycles. The standard InChI is InChI=1S/C17H20N2O3S/c1-12(2)17(11-20)19-23(21,22)16-9-5-14(6-10-16)13-3-7-15(18)8-4-13/h3-12,17,19H,18H2,1-2H3/t17-/m1/s1. The van der Waals surface area contributed by atoms with E-state index in [4.69, 9.17) is 5.73 Å². The molecule has 0 saturated heterocycles. The molecule has 6 heteroatoms. The van der Waals surface area contributed by atoms with Crippen molar-refractivity contribution in [1.82, 2.24) is 4.72 Å². The van der Waals surface area contributed by atoms with Crippen molar-refractivity contribution in [2.45, 2.75) is 24.8 Å². The summed E-state index contributed by atoms with van der Waals surface area (Å²) in [5.41, 5.74) is 8.16. The molecule has 2 rings (SSSR count). The molecule has 0 saturated carbocycles. The Morgan fingerprint density at radius 3 is 1.87 bits per heavy atom. The summed E-state index contributed by atoms with van der Waals surface area (Å²) in [7, 11) is -3.72. The number of rotatable bonds is 6. The van der Waals surface area contributed by atoms with E-state index in [1.54, 1.807) is 38.1 Å². The molecular weight excluding hydrogens is 312 g/mol. The first-order valence-electron chi connectivity index (χ1n) is 7.27. The van der Waals surface area contributed by atoms with Gasteiger partial charge in [-0.3, -0.25) is 0 Å². The Kier molecular flexibility index (Phi) is 5.18. The highest BCUT2D eigenvalue weighted by Crippen LogP contribution is 2.22. The molecule has 0 aliphatic heterocycles. The van der Waals surface area contributed by atoms with Crippen molar-refractivity contribution in [1.29, 1.82) is 0 Å². The fourth-order valence-electron chi connectivity index (χ4n) is 2.07. The van der Waals surface area contributed by atoms with Crippen molar-refractivity contribution in [3.05, 3.63) is 48.5 Å². The summed E-state index contributed by atoms with van der Waals surface area (Å²) < 4.78 is 27.0. The molecule has 1 atom stereocenters. The fraction of sp³-hybridized carbons (Fsp3) is 0.235. The maximum atomic E-state index is 12.3. The number of hydrogen-bond acceptors (Lipinski definition) is 4. The number of sulfonamides is 1. The van der Waals surface area contributed by atoms with E-state index >= 15 is 0 Å². The number of nitrogens with two attached hydrogens (primary N) is 1. The molecule has 122 valence electrons. The Bertz CT molecular complexity index is 766. The lowest BCUT2D eigenvalue weighted by atomic mass is 10.1. The maximum absolute atomic E-state index is 12.3. The number of carbonyl (C=O) groups excluding carboxylic acids is 1. The Labute approximate surface area is 136 Å². The smallest absolute Gasteiger partial charge is 0.241 e. The Morgan fingerprint density at radius 1 is 0.957 bits per heavy atom. The molecular formula is C17H20N2O3S. The molecule has 0 unspecified atom stereocenters. The van der Waals surface area contributed by atoms with Crippen molar-refractivity contribution >= 4 is 22.0 Å². The first-order chi connectivity index (χ1) is 10.8. The Balaban J connectivity index is 2.24. The number of benzene rings is 2. The van der Waals surface area contributed by atoms with Crippen molar-refractivity contribution < 1.29 is 13.2 Å². The van der Waals surface area contributed by atoms with Crippen molar-refractivity contribution in [2.24, 2.45) is 5.92 Å². The molecule has 0 amide bonds. The van der Waals surface area contributed by atoms with Gasteiger partial charge < -0.3 is 10.5 Å². The van der Waals surface area contributed by atoms with E-state index in [0.29, 0.717) is 12.0 Å². The number of anilines is 1. The number of hydrogen-bond donors (Lipinski definition) is 2. The van der Waals surface area contributed by atoms with Crippen molar-refractivity contribution in [3.8, 4) is 11.1 Å². The van der Waals surface area contributed by atoms with Crippen LogP contribution in [-0.4, -0.2) is 20.7 Å². The minimum atomic E-state index is -3.72. The van der Waals surface area contributed by atoms with Crippen LogP contribution in [-0.2, 0) is 14.8 Å². The molecule has 0 spiro atoms. The predicted octanol–water partition coefficient (Wildman–Crippen LogP) is 2.44. The summed E-state index contributed by atoms with van der Waals surface area (Å²) in [5.74, 6) is -0.115. The molecule has 0 radical (unpaired) electrons. The van der Waals surface area contributed by atoms with Crippen LogP contribution < -0.4 is 10.5 Å². The second-order valence-corrected chi connectivity index (χ2v) is 7.39. The minimum Gasteiger partial charge on any atom is -0.399 e. The van der Waals surface area contributed by atoms with Gasteiger partial charge in [0.15, 0.2) is 0 Å². The molecule has 0 bridgehead atoms. The lowest BCUT2D eigenvalue weighted by Gasteiger charge is -2.16. The topological polar surface area (TPSA) is 89.3 Å². The minimum absolute atomic E-state index is 0.115. The molecule has 5 nitrogen and oxygen atoms in total. The van der Waals surface area contributed by atoms with Crippen LogP contribution in [0.3, 0.4) is 0 Å². The normalized spacial score (nSPS) is 13.0. The molecule has 3 N–H and O–H groups in total. The van der Waals surface area contributed by atoms with E-state index < -0.39 is 16.1 Å². The van der Waals surface area contributed by atoms with Crippen LogP contribution in [0.15, 0.2) is 53.4 Å². The SMILES string of the molecule is CC(C)[C@@H](C=O)NS(=O)(=O)c1ccc(-c2ccc(N)cc2)cc1. The molecule has 2 aromatic rings. The monoisotopic (exact) mass is 332 g/mol. The Morgan fingerprint density at radius 2 is 1.43 bits per heavy atom. The van der Waals surface area contributed by atoms with E-state index in [0.717, 1.165) is 11.1 Å². The first-order valence-corrected chi connectivity index (χ1v) is 8.75. The third-order valence-corrected chi connectivity index (χ3v) is 5.04. The van der Waals surface area contributed by atoms with Gasteiger partial charge in [0.25, 0.3) is 0 Å². The summed E-state index contributed by atoms with van der Waals surface area (Å²) >= 11 is 0. The third-order valence-electron chi connectivity index (χ3n) is 3.56. The number of aldehydes is 1. The van der Waals surface area contributed by atoms with Crippen LogP contribution in [0.4, 0.5) is 5.69 Å². The van der Waals surface area contributed by atoms with E-state index in [1.165, 1.54) is 12.1 Å². The molecule has 0 aliphatic rings. The van der Waals surface area contributed by atoms with Crippen molar-refractivity contribution in [2.75, 3.05) is 5.73 Å². The van der Waals surface area contributed by atoms with Crippen molar-refractivity contribution in [3.63, 3.8) is 0 Å². The van der Waals surface area contributed by atoms with Gasteiger partial charge in [-0.05, 0) is 41.3 Å². The van der Waals surface area contributed by atoms with Gasteiger partial charge in [0, 0.05) is 5.69 Å². The quantitative estimate of drug-likeness (QED) is 0.628. The highest BCUT2D eigenvalue weighted by Gasteiger charge is 2.21. The van der Waals surface area contributed by atoms with Gasteiger partial charge in [0.2, 0.25) is 10.0 Å². The van der Waals surface area contributed by atoms with Crippen LogP contribution in [0.25, 0.3) is 11.1 Å². The summed E-state index contributed by atoms with van der Waals surface area (Å²) in [4.78, 5) is 11.1. The van der Waals surface area contributed by atoms with E-state index in [1.807, 2.05) is 12.1 Å². The highest BCUT2D eigenvalue weighted by molar-refractivity contribution is 7.89. The van der Waals surface area contributed by atoms with Gasteiger partial charge in [-0.1, -0.05) is 38.1 Å². The lowest BCUT2D eigenvalue weighted by Crippen LogP contribution is -2.39. The zero-order valence-electron chi connectivity index (χ0n) is 13.1. The zero-order chi connectivity index (χ0) is 17.0. The van der Waals surface area contributed by atoms with Crippen LogP contribution in [0.5, 0.6) is 0 Å². The third kappa shape index (κ3) is 4.18. The summed E-state index contributed by atoms with van der Waals surface area (Å²) in [6, 6.07) is 13.1. The summed E-state index contributed by atoms with van der Waals surface area (Å²) in [6.07, 6.45) is 0.616. The molecule has 0 heterocycles. The van der Waals surface area contributed by atoms with Crippen LogP contribution >= 0.6 is 0 Å². The largest absolute Gasteiger partial charge is 0.399 e. The number of nitrogen functional groups attached to an aromatic ring is 1. The van der Waals surface area contributed by atoms with E-state index in [9.17, 15) is 13.2 Å². The van der Waals surface area contributed by atoms with Gasteiger partial charge in [0.1, 0.15) is 6.29 Å². The molecule has 0 fully saturated rings. The summed E-state index contributed by atoms with van der Waals surface area (Å²) in [6.45, 7) is 3.57. The molecule has 0 aromatic heterocycles. The number of carbonyl (C=O) groups is 1. The van der Waals surface area contributed by atoms with Crippen LogP contribution in [0, 0.1) is 5.92 Å². The van der Waals surface area contributed by atoms with E-state index in [-0.39, 0.29) is 10.8 Å². The van der Waals surface area contributed by atoms with Gasteiger partial charge in [-0.2, -0.15) is 0 Å². The Hall–Kier alpha value is -2.18. The predicted molar refractivity (Wildman–Crippen MR) is 91.3 cm³/mol. The average molecular weight is 332 g/mol. The summed E-state index contributed by atoms with van der Waals surface area (Å²) in [5, 5.41) is 0. The van der Waals surface area contributed by atoms with Gasteiger partial charge in [-0.15, -0.1) is 0 Å². The van der Waals surface area contributed by atoms with Crippen LogP contribution in [0.2, 0.25) is 0 Å².